The minimum absolute atomic E-state index is 0.152. The number of hydrogen-bond acceptors (Lipinski definition) is 4. The summed E-state index contributed by atoms with van der Waals surface area (Å²) in [7, 11) is 0. The van der Waals surface area contributed by atoms with Gasteiger partial charge < -0.3 is 14.5 Å². The Hall–Kier alpha value is -1.98. The molecule has 1 aromatic heterocycles. The van der Waals surface area contributed by atoms with Crippen molar-refractivity contribution in [3.05, 3.63) is 58.0 Å². The van der Waals surface area contributed by atoms with E-state index >= 15 is 0 Å². The largest absolute Gasteiger partial charge is 0.469 e. The van der Waals surface area contributed by atoms with E-state index in [9.17, 15) is 9.59 Å². The first-order chi connectivity index (χ1) is 11.5. The number of furan rings is 1. The maximum atomic E-state index is 11.9. The number of aryl methyl sites for hydroxylation is 1. The monoisotopic (exact) mass is 369 g/mol. The van der Waals surface area contributed by atoms with Crippen LogP contribution in [0, 0.1) is 0 Å². The summed E-state index contributed by atoms with van der Waals surface area (Å²) >= 11 is 11.9. The highest BCUT2D eigenvalue weighted by Crippen LogP contribution is 2.25. The third-order valence-electron chi connectivity index (χ3n) is 3.33. The Bertz CT molecular complexity index is 701. The highest BCUT2D eigenvalue weighted by molar-refractivity contribution is 6.35. The van der Waals surface area contributed by atoms with Crippen LogP contribution in [0.2, 0.25) is 10.0 Å². The van der Waals surface area contributed by atoms with E-state index in [2.05, 4.69) is 5.32 Å². The van der Waals surface area contributed by atoms with Crippen molar-refractivity contribution in [2.45, 2.75) is 25.8 Å². The number of benzene rings is 1. The fourth-order valence-corrected chi connectivity index (χ4v) is 2.68. The molecule has 0 aliphatic carbocycles. The van der Waals surface area contributed by atoms with Crippen LogP contribution in [0.1, 0.15) is 30.7 Å². The molecule has 5 nitrogen and oxygen atoms in total. The van der Waals surface area contributed by atoms with Gasteiger partial charge >= 0.3 is 5.97 Å². The van der Waals surface area contributed by atoms with Gasteiger partial charge in [-0.25, -0.2) is 0 Å². The van der Waals surface area contributed by atoms with Crippen LogP contribution in [-0.2, 0) is 20.7 Å². The van der Waals surface area contributed by atoms with Gasteiger partial charge in [0.15, 0.2) is 6.61 Å². The first kappa shape index (κ1) is 18.4. The molecule has 2 aromatic rings. The molecule has 0 saturated heterocycles. The molecule has 24 heavy (non-hydrogen) atoms. The van der Waals surface area contributed by atoms with Crippen LogP contribution >= 0.6 is 23.2 Å². The molecule has 0 aliphatic rings. The molecule has 1 amide bonds. The van der Waals surface area contributed by atoms with E-state index in [0.29, 0.717) is 22.2 Å². The summed E-state index contributed by atoms with van der Waals surface area (Å²) in [5, 5.41) is 3.70. The number of rotatable bonds is 7. The van der Waals surface area contributed by atoms with Gasteiger partial charge in [-0.05, 0) is 36.8 Å². The SMILES string of the molecule is C[C@H](NC(=O)COC(=O)CCc1ccco1)c1ccc(Cl)cc1Cl. The summed E-state index contributed by atoms with van der Waals surface area (Å²) in [6.07, 6.45) is 2.13. The second kappa shape index (κ2) is 8.76. The predicted octanol–water partition coefficient (Wildman–Crippen LogP) is 3.94. The van der Waals surface area contributed by atoms with E-state index in [1.54, 1.807) is 37.3 Å². The molecule has 1 atom stereocenters. The Morgan fingerprint density at radius 2 is 2.08 bits per heavy atom. The van der Waals surface area contributed by atoms with Crippen LogP contribution in [-0.4, -0.2) is 18.5 Å². The zero-order chi connectivity index (χ0) is 17.5. The van der Waals surface area contributed by atoms with Gasteiger partial charge in [-0.1, -0.05) is 29.3 Å². The Morgan fingerprint density at radius 3 is 2.75 bits per heavy atom. The molecule has 0 radical (unpaired) electrons. The summed E-state index contributed by atoms with van der Waals surface area (Å²) in [6.45, 7) is 1.44. The third kappa shape index (κ3) is 5.58. The molecule has 0 fully saturated rings. The van der Waals surface area contributed by atoms with Gasteiger partial charge in [0.25, 0.3) is 5.91 Å². The molecular formula is C17H17Cl2NO4. The molecule has 0 aliphatic heterocycles. The van der Waals surface area contributed by atoms with Crippen LogP contribution < -0.4 is 5.32 Å². The van der Waals surface area contributed by atoms with Gasteiger partial charge in [0, 0.05) is 16.5 Å². The predicted molar refractivity (Wildman–Crippen MR) is 91.0 cm³/mol. The second-order valence-electron chi connectivity index (χ2n) is 5.20. The first-order valence-electron chi connectivity index (χ1n) is 7.38. The normalized spacial score (nSPS) is 11.8. The number of amides is 1. The molecule has 1 aromatic carbocycles. The summed E-state index contributed by atoms with van der Waals surface area (Å²) in [5.41, 5.74) is 0.735. The number of hydrogen-bond donors (Lipinski definition) is 1. The number of carbonyl (C=O) groups excluding carboxylic acids is 2. The molecule has 0 bridgehead atoms. The molecule has 0 spiro atoms. The Kier molecular flexibility index (Phi) is 6.70. The van der Waals surface area contributed by atoms with E-state index in [-0.39, 0.29) is 19.1 Å². The number of nitrogens with one attached hydrogen (secondary N) is 1. The van der Waals surface area contributed by atoms with E-state index in [0.717, 1.165) is 5.56 Å². The van der Waals surface area contributed by atoms with Crippen LogP contribution in [0.15, 0.2) is 41.0 Å². The Balaban J connectivity index is 1.75. The van der Waals surface area contributed by atoms with Crippen molar-refractivity contribution in [3.63, 3.8) is 0 Å². The van der Waals surface area contributed by atoms with E-state index < -0.39 is 11.9 Å². The standard InChI is InChI=1S/C17H17Cl2NO4/c1-11(14-6-4-12(18)9-15(14)19)20-16(21)10-24-17(22)7-5-13-3-2-8-23-13/h2-4,6,8-9,11H,5,7,10H2,1H3,(H,20,21)/t11-/m0/s1. The zero-order valence-corrected chi connectivity index (χ0v) is 14.6. The number of halogens is 2. The molecule has 7 heteroatoms. The van der Waals surface area contributed by atoms with Crippen molar-refractivity contribution in [1.82, 2.24) is 5.32 Å². The summed E-state index contributed by atoms with van der Waals surface area (Å²) in [5.74, 6) is -0.166. The van der Waals surface area contributed by atoms with Gasteiger partial charge in [-0.3, -0.25) is 9.59 Å². The maximum absolute atomic E-state index is 11.9. The second-order valence-corrected chi connectivity index (χ2v) is 6.04. The Morgan fingerprint density at radius 1 is 1.29 bits per heavy atom. The number of ether oxygens (including phenoxy) is 1. The minimum atomic E-state index is -0.460. The molecule has 0 saturated carbocycles. The van der Waals surface area contributed by atoms with E-state index in [4.69, 9.17) is 32.4 Å². The van der Waals surface area contributed by atoms with Crippen molar-refractivity contribution in [2.24, 2.45) is 0 Å². The Labute approximate surface area is 149 Å². The van der Waals surface area contributed by atoms with Gasteiger partial charge in [0.1, 0.15) is 5.76 Å². The van der Waals surface area contributed by atoms with Crippen molar-refractivity contribution in [2.75, 3.05) is 6.61 Å². The van der Waals surface area contributed by atoms with Crippen LogP contribution in [0.5, 0.6) is 0 Å². The first-order valence-corrected chi connectivity index (χ1v) is 8.13. The van der Waals surface area contributed by atoms with Crippen LogP contribution in [0.4, 0.5) is 0 Å². The van der Waals surface area contributed by atoms with Crippen LogP contribution in [0.3, 0.4) is 0 Å². The van der Waals surface area contributed by atoms with Crippen molar-refractivity contribution in [3.8, 4) is 0 Å². The lowest BCUT2D eigenvalue weighted by atomic mass is 10.1. The summed E-state index contributed by atoms with van der Waals surface area (Å²) in [4.78, 5) is 23.5. The minimum Gasteiger partial charge on any atom is -0.469 e. The molecule has 2 rings (SSSR count). The van der Waals surface area contributed by atoms with Crippen molar-refractivity contribution in [1.29, 1.82) is 0 Å². The van der Waals surface area contributed by atoms with E-state index in [1.165, 1.54) is 6.26 Å². The average Bonchev–Trinajstić information content (AvgIpc) is 3.04. The van der Waals surface area contributed by atoms with Gasteiger partial charge in [-0.2, -0.15) is 0 Å². The fourth-order valence-electron chi connectivity index (χ4n) is 2.11. The zero-order valence-electron chi connectivity index (χ0n) is 13.1. The highest BCUT2D eigenvalue weighted by Gasteiger charge is 2.14. The molecular weight excluding hydrogens is 353 g/mol. The molecule has 128 valence electrons. The molecule has 1 heterocycles. The molecule has 1 N–H and O–H groups in total. The summed E-state index contributed by atoms with van der Waals surface area (Å²) in [6, 6.07) is 8.24. The van der Waals surface area contributed by atoms with Gasteiger partial charge in [0.05, 0.1) is 18.7 Å². The quantitative estimate of drug-likeness (QED) is 0.750. The highest BCUT2D eigenvalue weighted by atomic mass is 35.5. The lowest BCUT2D eigenvalue weighted by molar-refractivity contribution is -0.148. The molecule has 0 unspecified atom stereocenters. The van der Waals surface area contributed by atoms with Gasteiger partial charge in [-0.15, -0.1) is 0 Å². The summed E-state index contributed by atoms with van der Waals surface area (Å²) < 4.78 is 10.1. The number of carbonyl (C=O) groups is 2. The fraction of sp³-hybridized carbons (Fsp3) is 0.294. The smallest absolute Gasteiger partial charge is 0.306 e. The topological polar surface area (TPSA) is 68.5 Å². The lowest BCUT2D eigenvalue weighted by Gasteiger charge is -2.16. The third-order valence-corrected chi connectivity index (χ3v) is 3.89. The van der Waals surface area contributed by atoms with E-state index in [1.807, 2.05) is 0 Å². The lowest BCUT2D eigenvalue weighted by Crippen LogP contribution is -2.31. The number of esters is 1. The maximum Gasteiger partial charge on any atom is 0.306 e. The average molecular weight is 370 g/mol. The van der Waals surface area contributed by atoms with Crippen molar-refractivity contribution >= 4 is 35.1 Å². The van der Waals surface area contributed by atoms with Crippen molar-refractivity contribution < 1.29 is 18.7 Å². The van der Waals surface area contributed by atoms with Crippen LogP contribution in [0.25, 0.3) is 0 Å². The van der Waals surface area contributed by atoms with Gasteiger partial charge in [0.2, 0.25) is 0 Å².